The van der Waals surface area contributed by atoms with Crippen LogP contribution in [0.15, 0.2) is 29.6 Å². The van der Waals surface area contributed by atoms with Gasteiger partial charge in [-0.3, -0.25) is 4.79 Å². The fraction of sp³-hybridized carbons (Fsp3) is 0.250. The van der Waals surface area contributed by atoms with Crippen molar-refractivity contribution >= 4 is 23.1 Å². The summed E-state index contributed by atoms with van der Waals surface area (Å²) >= 11 is 1.68. The predicted octanol–water partition coefficient (Wildman–Crippen LogP) is 1.48. The molecule has 0 aliphatic heterocycles. The normalized spacial score (nSPS) is 12.1. The average Bonchev–Trinajstić information content (AvgIpc) is 2.82. The van der Waals surface area contributed by atoms with Crippen molar-refractivity contribution in [3.63, 3.8) is 0 Å². The molecule has 2 aromatic rings. The largest absolute Gasteiger partial charge is 0.382 e. The van der Waals surface area contributed by atoms with E-state index in [1.807, 2.05) is 18.4 Å². The van der Waals surface area contributed by atoms with Gasteiger partial charge in [0.15, 0.2) is 5.69 Å². The Labute approximate surface area is 109 Å². The average molecular weight is 262 g/mol. The molecule has 1 unspecified atom stereocenters. The van der Waals surface area contributed by atoms with Crippen molar-refractivity contribution < 1.29 is 4.79 Å². The van der Waals surface area contributed by atoms with Gasteiger partial charge in [0.25, 0.3) is 5.91 Å². The molecule has 2 rings (SSSR count). The first kappa shape index (κ1) is 12.5. The van der Waals surface area contributed by atoms with Gasteiger partial charge >= 0.3 is 0 Å². The van der Waals surface area contributed by atoms with Crippen molar-refractivity contribution in [1.82, 2.24) is 15.5 Å². The first-order valence-corrected chi connectivity index (χ1v) is 6.45. The van der Waals surface area contributed by atoms with Gasteiger partial charge in [0.2, 0.25) is 0 Å². The minimum absolute atomic E-state index is 0.0514. The van der Waals surface area contributed by atoms with Crippen LogP contribution < -0.4 is 11.1 Å². The zero-order chi connectivity index (χ0) is 13.0. The van der Waals surface area contributed by atoms with E-state index in [9.17, 15) is 4.79 Å². The minimum atomic E-state index is -0.230. The number of nitrogens with one attached hydrogen (secondary N) is 1. The maximum Gasteiger partial charge on any atom is 0.272 e. The standard InChI is InChI=1S/C12H14N4OS/c1-8(7-9-3-2-6-18-9)14-12(17)10-4-5-11(13)16-15-10/h2-6,8H,7H2,1H3,(H2,13,16)(H,14,17). The summed E-state index contributed by atoms with van der Waals surface area (Å²) in [6.07, 6.45) is 0.811. The molecule has 3 N–H and O–H groups in total. The van der Waals surface area contributed by atoms with Crippen molar-refractivity contribution in [2.24, 2.45) is 0 Å². The van der Waals surface area contributed by atoms with Gasteiger partial charge in [-0.1, -0.05) is 6.07 Å². The minimum Gasteiger partial charge on any atom is -0.382 e. The van der Waals surface area contributed by atoms with Gasteiger partial charge in [-0.2, -0.15) is 0 Å². The van der Waals surface area contributed by atoms with Gasteiger partial charge in [-0.25, -0.2) is 0 Å². The lowest BCUT2D eigenvalue weighted by Crippen LogP contribution is -2.34. The lowest BCUT2D eigenvalue weighted by Gasteiger charge is -2.12. The number of anilines is 1. The maximum atomic E-state index is 11.8. The SMILES string of the molecule is CC(Cc1cccs1)NC(=O)c1ccc(N)nn1. The highest BCUT2D eigenvalue weighted by Gasteiger charge is 2.12. The number of hydrogen-bond acceptors (Lipinski definition) is 5. The molecular weight excluding hydrogens is 248 g/mol. The molecule has 0 aliphatic carbocycles. The van der Waals surface area contributed by atoms with E-state index >= 15 is 0 Å². The van der Waals surface area contributed by atoms with E-state index in [-0.39, 0.29) is 17.6 Å². The number of aromatic nitrogens is 2. The Morgan fingerprint density at radius 1 is 1.44 bits per heavy atom. The third-order valence-electron chi connectivity index (χ3n) is 2.38. The summed E-state index contributed by atoms with van der Waals surface area (Å²) in [5.41, 5.74) is 5.69. The number of amides is 1. The third kappa shape index (κ3) is 3.27. The molecule has 0 bridgehead atoms. The second kappa shape index (κ2) is 5.59. The van der Waals surface area contributed by atoms with Gasteiger partial charge in [-0.05, 0) is 30.5 Å². The van der Waals surface area contributed by atoms with Crippen molar-refractivity contribution in [2.45, 2.75) is 19.4 Å². The van der Waals surface area contributed by atoms with Crippen molar-refractivity contribution in [2.75, 3.05) is 5.73 Å². The van der Waals surface area contributed by atoms with E-state index in [0.29, 0.717) is 5.82 Å². The molecule has 18 heavy (non-hydrogen) atoms. The number of nitrogens with two attached hydrogens (primary N) is 1. The van der Waals surface area contributed by atoms with Crippen LogP contribution in [0.25, 0.3) is 0 Å². The molecule has 0 fully saturated rings. The Morgan fingerprint density at radius 2 is 2.28 bits per heavy atom. The Kier molecular flexibility index (Phi) is 3.88. The lowest BCUT2D eigenvalue weighted by molar-refractivity contribution is 0.0934. The van der Waals surface area contributed by atoms with Gasteiger partial charge in [0.05, 0.1) is 0 Å². The summed E-state index contributed by atoms with van der Waals surface area (Å²) in [6.45, 7) is 1.96. The first-order valence-electron chi connectivity index (χ1n) is 5.57. The van der Waals surface area contributed by atoms with Crippen molar-refractivity contribution in [3.8, 4) is 0 Å². The zero-order valence-corrected chi connectivity index (χ0v) is 10.8. The quantitative estimate of drug-likeness (QED) is 0.874. The molecule has 2 heterocycles. The van der Waals surface area contributed by atoms with Crippen LogP contribution in [0.5, 0.6) is 0 Å². The molecule has 5 nitrogen and oxygen atoms in total. The number of nitrogen functional groups attached to an aromatic ring is 1. The summed E-state index contributed by atoms with van der Waals surface area (Å²) in [5.74, 6) is 0.0738. The van der Waals surface area contributed by atoms with E-state index < -0.39 is 0 Å². The van der Waals surface area contributed by atoms with Crippen LogP contribution in [0.2, 0.25) is 0 Å². The van der Waals surface area contributed by atoms with Crippen LogP contribution in [-0.4, -0.2) is 22.1 Å². The fourth-order valence-electron chi connectivity index (χ4n) is 1.54. The highest BCUT2D eigenvalue weighted by Crippen LogP contribution is 2.11. The molecule has 0 spiro atoms. The second-order valence-corrected chi connectivity index (χ2v) is 5.03. The summed E-state index contributed by atoms with van der Waals surface area (Å²) < 4.78 is 0. The number of carbonyl (C=O) groups is 1. The van der Waals surface area contributed by atoms with Crippen LogP contribution in [0.1, 0.15) is 22.3 Å². The summed E-state index contributed by atoms with van der Waals surface area (Å²) in [4.78, 5) is 13.1. The molecule has 6 heteroatoms. The Morgan fingerprint density at radius 3 is 2.89 bits per heavy atom. The summed E-state index contributed by atoms with van der Waals surface area (Å²) in [5, 5.41) is 12.3. The smallest absolute Gasteiger partial charge is 0.272 e. The van der Waals surface area contributed by atoms with Gasteiger partial charge in [-0.15, -0.1) is 21.5 Å². The molecule has 1 amide bonds. The summed E-state index contributed by atoms with van der Waals surface area (Å²) in [6, 6.07) is 7.23. The summed E-state index contributed by atoms with van der Waals surface area (Å²) in [7, 11) is 0. The van der Waals surface area contributed by atoms with E-state index in [2.05, 4.69) is 21.6 Å². The van der Waals surface area contributed by atoms with Gasteiger partial charge < -0.3 is 11.1 Å². The molecule has 0 saturated carbocycles. The Bertz CT molecular complexity index is 509. The molecule has 0 radical (unpaired) electrons. The van der Waals surface area contributed by atoms with Crippen LogP contribution in [0.4, 0.5) is 5.82 Å². The second-order valence-electron chi connectivity index (χ2n) is 4.00. The van der Waals surface area contributed by atoms with Crippen LogP contribution >= 0.6 is 11.3 Å². The topological polar surface area (TPSA) is 80.9 Å². The van der Waals surface area contributed by atoms with Crippen molar-refractivity contribution in [1.29, 1.82) is 0 Å². The van der Waals surface area contributed by atoms with E-state index in [1.165, 1.54) is 4.88 Å². The number of thiophene rings is 1. The fourth-order valence-corrected chi connectivity index (χ4v) is 2.38. The molecule has 0 aliphatic rings. The van der Waals surface area contributed by atoms with Crippen LogP contribution in [-0.2, 0) is 6.42 Å². The van der Waals surface area contributed by atoms with E-state index in [1.54, 1.807) is 23.5 Å². The first-order chi connectivity index (χ1) is 8.65. The third-order valence-corrected chi connectivity index (χ3v) is 3.28. The van der Waals surface area contributed by atoms with Gasteiger partial charge in [0.1, 0.15) is 5.82 Å². The van der Waals surface area contributed by atoms with E-state index in [0.717, 1.165) is 6.42 Å². The number of rotatable bonds is 4. The van der Waals surface area contributed by atoms with Crippen LogP contribution in [0, 0.1) is 0 Å². The molecule has 0 saturated heterocycles. The van der Waals surface area contributed by atoms with Crippen LogP contribution in [0.3, 0.4) is 0 Å². The molecule has 2 aromatic heterocycles. The van der Waals surface area contributed by atoms with Crippen molar-refractivity contribution in [3.05, 3.63) is 40.2 Å². The monoisotopic (exact) mass is 262 g/mol. The maximum absolute atomic E-state index is 11.8. The molecule has 94 valence electrons. The predicted molar refractivity (Wildman–Crippen MR) is 71.4 cm³/mol. The lowest BCUT2D eigenvalue weighted by atomic mass is 10.2. The Hall–Kier alpha value is -1.95. The number of hydrogen-bond donors (Lipinski definition) is 2. The van der Waals surface area contributed by atoms with Gasteiger partial charge in [0, 0.05) is 17.3 Å². The molecule has 1 atom stereocenters. The Balaban J connectivity index is 1.92. The number of carbonyl (C=O) groups excluding carboxylic acids is 1. The molecule has 0 aromatic carbocycles. The number of nitrogens with zero attached hydrogens (tertiary/aromatic N) is 2. The highest BCUT2D eigenvalue weighted by molar-refractivity contribution is 7.09. The zero-order valence-electron chi connectivity index (χ0n) is 9.96. The highest BCUT2D eigenvalue weighted by atomic mass is 32.1. The molecular formula is C12H14N4OS. The van der Waals surface area contributed by atoms with E-state index in [4.69, 9.17) is 5.73 Å².